The highest BCUT2D eigenvalue weighted by atomic mass is 16.5. The molecule has 5 nitrogen and oxygen atoms in total. The summed E-state index contributed by atoms with van der Waals surface area (Å²) in [5.41, 5.74) is 7.37. The fourth-order valence-corrected chi connectivity index (χ4v) is 1.79. The Labute approximate surface area is 105 Å². The van der Waals surface area contributed by atoms with Gasteiger partial charge in [0.2, 0.25) is 0 Å². The Morgan fingerprint density at radius 2 is 2.22 bits per heavy atom. The minimum atomic E-state index is -0.485. The zero-order valence-electron chi connectivity index (χ0n) is 10.7. The molecular formula is C13H18N2O3. The molecule has 1 aromatic carbocycles. The van der Waals surface area contributed by atoms with Crippen molar-refractivity contribution in [1.82, 2.24) is 4.98 Å². The molecule has 0 atom stereocenters. The van der Waals surface area contributed by atoms with Crippen LogP contribution in [0.4, 0.5) is 5.69 Å². The van der Waals surface area contributed by atoms with Crippen LogP contribution in [0.1, 0.15) is 26.7 Å². The summed E-state index contributed by atoms with van der Waals surface area (Å²) in [6.45, 7) is 4.98. The minimum absolute atomic E-state index is 0.451. The maximum absolute atomic E-state index is 11.0. The normalized spacial score (nSPS) is 11.3. The van der Waals surface area contributed by atoms with Gasteiger partial charge in [0.1, 0.15) is 5.75 Å². The highest BCUT2D eigenvalue weighted by Gasteiger charge is 2.07. The maximum atomic E-state index is 11.0. The third kappa shape index (κ3) is 2.85. The number of nitrogens with two attached hydrogens (primary N) is 1. The van der Waals surface area contributed by atoms with Gasteiger partial charge in [0.05, 0.1) is 17.8 Å². The van der Waals surface area contributed by atoms with E-state index < -0.39 is 5.76 Å². The van der Waals surface area contributed by atoms with Gasteiger partial charge in [-0.05, 0) is 18.8 Å². The van der Waals surface area contributed by atoms with Gasteiger partial charge >= 0.3 is 5.76 Å². The number of hydrogen-bond acceptors (Lipinski definition) is 4. The first-order valence-electron chi connectivity index (χ1n) is 6.11. The van der Waals surface area contributed by atoms with E-state index in [4.69, 9.17) is 14.9 Å². The number of aromatic nitrogens is 1. The van der Waals surface area contributed by atoms with Crippen LogP contribution in [0, 0.1) is 5.92 Å². The second-order valence-electron chi connectivity index (χ2n) is 4.79. The number of nitrogens with one attached hydrogen (secondary N) is 1. The third-order valence-corrected chi connectivity index (χ3v) is 2.73. The highest BCUT2D eigenvalue weighted by molar-refractivity contribution is 5.80. The highest BCUT2D eigenvalue weighted by Crippen LogP contribution is 2.26. The molecule has 1 aromatic heterocycles. The van der Waals surface area contributed by atoms with Crippen molar-refractivity contribution in [3.05, 3.63) is 22.7 Å². The number of H-pyrrole nitrogens is 1. The van der Waals surface area contributed by atoms with Crippen LogP contribution in [0.25, 0.3) is 11.1 Å². The molecule has 0 aliphatic carbocycles. The number of hydrogen-bond donors (Lipinski definition) is 2. The van der Waals surface area contributed by atoms with E-state index in [9.17, 15) is 4.79 Å². The van der Waals surface area contributed by atoms with Gasteiger partial charge in [-0.2, -0.15) is 0 Å². The first-order valence-corrected chi connectivity index (χ1v) is 6.11. The molecule has 0 saturated heterocycles. The zero-order valence-corrected chi connectivity index (χ0v) is 10.7. The molecule has 0 spiro atoms. The molecule has 2 rings (SSSR count). The number of ether oxygens (including phenoxy) is 1. The van der Waals surface area contributed by atoms with Gasteiger partial charge in [0.15, 0.2) is 5.58 Å². The lowest BCUT2D eigenvalue weighted by atomic mass is 10.1. The topological polar surface area (TPSA) is 81.2 Å². The summed E-state index contributed by atoms with van der Waals surface area (Å²) in [4.78, 5) is 13.6. The summed E-state index contributed by atoms with van der Waals surface area (Å²) in [5.74, 6) is 0.767. The lowest BCUT2D eigenvalue weighted by Crippen LogP contribution is -2.02. The number of aromatic amines is 1. The first-order chi connectivity index (χ1) is 8.56. The van der Waals surface area contributed by atoms with Gasteiger partial charge in [-0.1, -0.05) is 13.8 Å². The quantitative estimate of drug-likeness (QED) is 0.631. The summed E-state index contributed by atoms with van der Waals surface area (Å²) in [6.07, 6.45) is 2.10. The lowest BCUT2D eigenvalue weighted by molar-refractivity contribution is 0.299. The van der Waals surface area contributed by atoms with Crippen LogP contribution in [0.5, 0.6) is 5.75 Å². The van der Waals surface area contributed by atoms with Crippen LogP contribution in [0.2, 0.25) is 0 Å². The lowest BCUT2D eigenvalue weighted by Gasteiger charge is -2.09. The number of rotatable bonds is 5. The van der Waals surface area contributed by atoms with Crippen molar-refractivity contribution in [3.63, 3.8) is 0 Å². The van der Waals surface area contributed by atoms with Gasteiger partial charge in [-0.25, -0.2) is 4.79 Å². The van der Waals surface area contributed by atoms with Crippen molar-refractivity contribution in [3.8, 4) is 5.75 Å². The van der Waals surface area contributed by atoms with Gasteiger partial charge in [-0.3, -0.25) is 4.98 Å². The van der Waals surface area contributed by atoms with Gasteiger partial charge < -0.3 is 14.9 Å². The van der Waals surface area contributed by atoms with Crippen LogP contribution in [-0.4, -0.2) is 11.6 Å². The molecule has 0 radical (unpaired) electrons. The SMILES string of the molecule is CC(C)CCCOc1cc2[nH]c(=O)oc2cc1N. The molecule has 0 aliphatic heterocycles. The van der Waals surface area contributed by atoms with Gasteiger partial charge in [0.25, 0.3) is 0 Å². The molecule has 1 heterocycles. The average Bonchev–Trinajstić information content (AvgIpc) is 2.63. The Balaban J connectivity index is 2.08. The van der Waals surface area contributed by atoms with E-state index in [-0.39, 0.29) is 0 Å². The fraction of sp³-hybridized carbons (Fsp3) is 0.462. The monoisotopic (exact) mass is 250 g/mol. The Morgan fingerprint density at radius 3 is 2.94 bits per heavy atom. The summed E-state index contributed by atoms with van der Waals surface area (Å²) in [6, 6.07) is 3.30. The predicted octanol–water partition coefficient (Wildman–Crippen LogP) is 2.52. The van der Waals surface area contributed by atoms with E-state index in [1.54, 1.807) is 12.1 Å². The van der Waals surface area contributed by atoms with Crippen LogP contribution < -0.4 is 16.2 Å². The van der Waals surface area contributed by atoms with Crippen LogP contribution >= 0.6 is 0 Å². The molecule has 2 aromatic rings. The number of benzene rings is 1. The predicted molar refractivity (Wildman–Crippen MR) is 70.8 cm³/mol. The van der Waals surface area contributed by atoms with Crippen molar-refractivity contribution in [1.29, 1.82) is 0 Å². The number of fused-ring (bicyclic) bond motifs is 1. The van der Waals surface area contributed by atoms with Crippen molar-refractivity contribution >= 4 is 16.8 Å². The summed E-state index contributed by atoms with van der Waals surface area (Å²) < 4.78 is 10.5. The smallest absolute Gasteiger partial charge is 0.417 e. The van der Waals surface area contributed by atoms with E-state index in [1.165, 1.54) is 0 Å². The van der Waals surface area contributed by atoms with Crippen molar-refractivity contribution in [2.75, 3.05) is 12.3 Å². The molecule has 18 heavy (non-hydrogen) atoms. The second-order valence-corrected chi connectivity index (χ2v) is 4.79. The molecule has 98 valence electrons. The zero-order chi connectivity index (χ0) is 13.1. The van der Waals surface area contributed by atoms with Crippen molar-refractivity contribution < 1.29 is 9.15 Å². The standard InChI is InChI=1S/C13H18N2O3/c1-8(2)4-3-5-17-11-7-10-12(6-9(11)14)18-13(16)15-10/h6-8H,3-5,14H2,1-2H3,(H,15,16). The Morgan fingerprint density at radius 1 is 1.44 bits per heavy atom. The van der Waals surface area contributed by atoms with Crippen molar-refractivity contribution in [2.24, 2.45) is 5.92 Å². The van der Waals surface area contributed by atoms with E-state index in [1.807, 2.05) is 0 Å². The second kappa shape index (κ2) is 5.16. The fourth-order valence-electron chi connectivity index (χ4n) is 1.79. The number of nitrogen functional groups attached to an aromatic ring is 1. The van der Waals surface area contributed by atoms with E-state index in [0.29, 0.717) is 35.1 Å². The largest absolute Gasteiger partial charge is 0.491 e. The number of anilines is 1. The number of oxazole rings is 1. The molecule has 0 bridgehead atoms. The Hall–Kier alpha value is -1.91. The maximum Gasteiger partial charge on any atom is 0.417 e. The summed E-state index contributed by atoms with van der Waals surface area (Å²) >= 11 is 0. The first kappa shape index (κ1) is 12.5. The third-order valence-electron chi connectivity index (χ3n) is 2.73. The van der Waals surface area contributed by atoms with Crippen LogP contribution in [0.3, 0.4) is 0 Å². The van der Waals surface area contributed by atoms with Crippen molar-refractivity contribution in [2.45, 2.75) is 26.7 Å². The molecule has 3 N–H and O–H groups in total. The molecule has 0 fully saturated rings. The molecule has 0 amide bonds. The summed E-state index contributed by atoms with van der Waals surface area (Å²) in [5, 5.41) is 0. The van der Waals surface area contributed by atoms with Gasteiger partial charge in [-0.15, -0.1) is 0 Å². The summed E-state index contributed by atoms with van der Waals surface area (Å²) in [7, 11) is 0. The molecule has 5 heteroatoms. The van der Waals surface area contributed by atoms with Crippen LogP contribution in [-0.2, 0) is 0 Å². The molecule has 0 aliphatic rings. The Bertz CT molecular complexity index is 583. The Kier molecular flexibility index (Phi) is 3.60. The molecule has 0 unspecified atom stereocenters. The van der Waals surface area contributed by atoms with E-state index >= 15 is 0 Å². The average molecular weight is 250 g/mol. The molecular weight excluding hydrogens is 232 g/mol. The minimum Gasteiger partial charge on any atom is -0.491 e. The van der Waals surface area contributed by atoms with E-state index in [2.05, 4.69) is 18.8 Å². The van der Waals surface area contributed by atoms with Gasteiger partial charge in [0, 0.05) is 12.1 Å². The molecule has 0 saturated carbocycles. The van der Waals surface area contributed by atoms with E-state index in [0.717, 1.165) is 12.8 Å². The van der Waals surface area contributed by atoms with Crippen LogP contribution in [0.15, 0.2) is 21.3 Å².